The third-order valence-corrected chi connectivity index (χ3v) is 4.79. The van der Waals surface area contributed by atoms with Gasteiger partial charge < -0.3 is 19.5 Å². The molecule has 28 heavy (non-hydrogen) atoms. The van der Waals surface area contributed by atoms with Crippen molar-refractivity contribution in [2.45, 2.75) is 32.5 Å². The Morgan fingerprint density at radius 1 is 1.25 bits per heavy atom. The molecule has 3 rings (SSSR count). The maximum Gasteiger partial charge on any atom is 0.244 e. The van der Waals surface area contributed by atoms with Crippen molar-refractivity contribution in [1.82, 2.24) is 5.32 Å². The van der Waals surface area contributed by atoms with Gasteiger partial charge in [0, 0.05) is 19.2 Å². The Morgan fingerprint density at radius 2 is 2.11 bits per heavy atom. The van der Waals surface area contributed by atoms with Crippen molar-refractivity contribution in [3.8, 4) is 11.5 Å². The second-order valence-electron chi connectivity index (χ2n) is 6.84. The van der Waals surface area contributed by atoms with Crippen LogP contribution >= 0.6 is 0 Å². The van der Waals surface area contributed by atoms with Gasteiger partial charge >= 0.3 is 0 Å². The molecule has 0 aliphatic carbocycles. The van der Waals surface area contributed by atoms with Crippen LogP contribution in [0.15, 0.2) is 48.5 Å². The highest BCUT2D eigenvalue weighted by molar-refractivity contribution is 5.91. The molecule has 1 N–H and O–H groups in total. The molecule has 1 aliphatic heterocycles. The molecule has 1 amide bonds. The minimum Gasteiger partial charge on any atom is -0.493 e. The van der Waals surface area contributed by atoms with Crippen molar-refractivity contribution >= 4 is 12.0 Å². The highest BCUT2D eigenvalue weighted by Crippen LogP contribution is 2.29. The highest BCUT2D eigenvalue weighted by Gasteiger charge is 2.15. The van der Waals surface area contributed by atoms with E-state index in [0.29, 0.717) is 24.7 Å². The molecule has 0 saturated carbocycles. The second-order valence-corrected chi connectivity index (χ2v) is 6.84. The van der Waals surface area contributed by atoms with Gasteiger partial charge in [0.1, 0.15) is 6.61 Å². The molecule has 5 heteroatoms. The fourth-order valence-corrected chi connectivity index (χ4v) is 3.09. The summed E-state index contributed by atoms with van der Waals surface area (Å²) in [6.07, 6.45) is 5.50. The molecular formula is C23H27NO4. The minimum absolute atomic E-state index is 0.130. The van der Waals surface area contributed by atoms with Gasteiger partial charge in [0.25, 0.3) is 0 Å². The van der Waals surface area contributed by atoms with Crippen molar-refractivity contribution < 1.29 is 19.0 Å². The van der Waals surface area contributed by atoms with Gasteiger partial charge in [-0.3, -0.25) is 4.79 Å². The van der Waals surface area contributed by atoms with Crippen molar-refractivity contribution in [2.75, 3.05) is 20.3 Å². The van der Waals surface area contributed by atoms with Crippen LogP contribution in [0.1, 0.15) is 29.5 Å². The number of rotatable bonds is 8. The van der Waals surface area contributed by atoms with E-state index in [2.05, 4.69) is 18.3 Å². The monoisotopic (exact) mass is 381 g/mol. The van der Waals surface area contributed by atoms with E-state index in [9.17, 15) is 4.79 Å². The summed E-state index contributed by atoms with van der Waals surface area (Å²) in [5.74, 6) is 1.18. The van der Waals surface area contributed by atoms with Gasteiger partial charge in [-0.1, -0.05) is 30.3 Å². The molecule has 0 aromatic heterocycles. The second kappa shape index (κ2) is 9.95. The number of hydrogen-bond donors (Lipinski definition) is 1. The average Bonchev–Trinajstić information content (AvgIpc) is 3.24. The summed E-state index contributed by atoms with van der Waals surface area (Å²) in [6, 6.07) is 13.7. The normalized spacial score (nSPS) is 16.3. The van der Waals surface area contributed by atoms with Gasteiger partial charge in [0.2, 0.25) is 5.91 Å². The maximum absolute atomic E-state index is 12.0. The standard InChI is InChI=1S/C23H27NO4/c1-17-6-3-4-7-19(17)16-28-21-11-9-18(14-22(21)26-2)10-12-23(25)24-15-20-8-5-13-27-20/h3-4,6-7,9-12,14,20H,5,8,13,15-16H2,1-2H3,(H,24,25)/b12-10+/t20-/m1/s1. The van der Waals surface area contributed by atoms with Crippen LogP contribution in [0.3, 0.4) is 0 Å². The smallest absolute Gasteiger partial charge is 0.244 e. The molecule has 1 aliphatic rings. The number of benzene rings is 2. The van der Waals surface area contributed by atoms with Crippen molar-refractivity contribution in [3.05, 3.63) is 65.2 Å². The van der Waals surface area contributed by atoms with Crippen LogP contribution in [0.5, 0.6) is 11.5 Å². The van der Waals surface area contributed by atoms with E-state index in [1.165, 1.54) is 11.6 Å². The zero-order chi connectivity index (χ0) is 19.8. The fourth-order valence-electron chi connectivity index (χ4n) is 3.09. The summed E-state index contributed by atoms with van der Waals surface area (Å²) in [5, 5.41) is 2.87. The Hall–Kier alpha value is -2.79. The maximum atomic E-state index is 12.0. The Labute approximate surface area is 166 Å². The molecule has 0 bridgehead atoms. The number of carbonyl (C=O) groups excluding carboxylic acids is 1. The first-order valence-corrected chi connectivity index (χ1v) is 9.58. The molecule has 0 radical (unpaired) electrons. The van der Waals surface area contributed by atoms with Crippen LogP contribution in [-0.2, 0) is 16.1 Å². The molecule has 2 aromatic carbocycles. The number of hydrogen-bond acceptors (Lipinski definition) is 4. The lowest BCUT2D eigenvalue weighted by molar-refractivity contribution is -0.116. The quantitative estimate of drug-likeness (QED) is 0.705. The summed E-state index contributed by atoms with van der Waals surface area (Å²) < 4.78 is 16.9. The van der Waals surface area contributed by atoms with Crippen LogP contribution in [0.4, 0.5) is 0 Å². The molecule has 0 unspecified atom stereocenters. The van der Waals surface area contributed by atoms with Gasteiger partial charge in [0.15, 0.2) is 11.5 Å². The predicted octanol–water partition coefficient (Wildman–Crippen LogP) is 3.89. The molecule has 1 saturated heterocycles. The van der Waals surface area contributed by atoms with E-state index in [4.69, 9.17) is 14.2 Å². The lowest BCUT2D eigenvalue weighted by Gasteiger charge is -2.12. The summed E-state index contributed by atoms with van der Waals surface area (Å²) in [6.45, 7) is 3.88. The molecule has 1 fully saturated rings. The molecule has 0 spiro atoms. The van der Waals surface area contributed by atoms with E-state index in [1.807, 2.05) is 36.4 Å². The van der Waals surface area contributed by atoms with E-state index < -0.39 is 0 Å². The Balaban J connectivity index is 1.57. The topological polar surface area (TPSA) is 56.8 Å². The van der Waals surface area contributed by atoms with E-state index in [0.717, 1.165) is 30.6 Å². The van der Waals surface area contributed by atoms with Crippen LogP contribution in [-0.4, -0.2) is 32.3 Å². The number of amides is 1. The third-order valence-electron chi connectivity index (χ3n) is 4.79. The Bertz CT molecular complexity index is 825. The highest BCUT2D eigenvalue weighted by atomic mass is 16.5. The lowest BCUT2D eigenvalue weighted by atomic mass is 10.1. The summed E-state index contributed by atoms with van der Waals surface area (Å²) >= 11 is 0. The number of nitrogens with one attached hydrogen (secondary N) is 1. The summed E-state index contributed by atoms with van der Waals surface area (Å²) in [4.78, 5) is 12.0. The summed E-state index contributed by atoms with van der Waals surface area (Å²) in [5.41, 5.74) is 3.19. The first-order valence-electron chi connectivity index (χ1n) is 9.58. The van der Waals surface area contributed by atoms with Crippen LogP contribution < -0.4 is 14.8 Å². The predicted molar refractivity (Wildman–Crippen MR) is 110 cm³/mol. The van der Waals surface area contributed by atoms with Crippen molar-refractivity contribution in [2.24, 2.45) is 0 Å². The lowest BCUT2D eigenvalue weighted by Crippen LogP contribution is -2.30. The number of ether oxygens (including phenoxy) is 3. The third kappa shape index (κ3) is 5.60. The first kappa shape index (κ1) is 20.0. The van der Waals surface area contributed by atoms with E-state index in [-0.39, 0.29) is 12.0 Å². The number of carbonyl (C=O) groups is 1. The van der Waals surface area contributed by atoms with Crippen LogP contribution in [0, 0.1) is 6.92 Å². The van der Waals surface area contributed by atoms with Gasteiger partial charge in [-0.2, -0.15) is 0 Å². The van der Waals surface area contributed by atoms with Crippen LogP contribution in [0.25, 0.3) is 6.08 Å². The van der Waals surface area contributed by atoms with Gasteiger partial charge in [-0.25, -0.2) is 0 Å². The molecule has 1 heterocycles. The Morgan fingerprint density at radius 3 is 2.86 bits per heavy atom. The van der Waals surface area contributed by atoms with Gasteiger partial charge in [-0.05, 0) is 54.7 Å². The largest absolute Gasteiger partial charge is 0.493 e. The SMILES string of the molecule is COc1cc(/C=C/C(=O)NC[C@H]2CCCO2)ccc1OCc1ccccc1C. The molecule has 5 nitrogen and oxygen atoms in total. The molecule has 1 atom stereocenters. The van der Waals surface area contributed by atoms with Gasteiger partial charge in [0.05, 0.1) is 13.2 Å². The zero-order valence-corrected chi connectivity index (χ0v) is 16.4. The van der Waals surface area contributed by atoms with Crippen molar-refractivity contribution in [1.29, 1.82) is 0 Å². The molecule has 2 aromatic rings. The molecular weight excluding hydrogens is 354 g/mol. The average molecular weight is 381 g/mol. The minimum atomic E-state index is -0.130. The number of methoxy groups -OCH3 is 1. The molecule has 148 valence electrons. The van der Waals surface area contributed by atoms with E-state index >= 15 is 0 Å². The first-order chi connectivity index (χ1) is 13.7. The van der Waals surface area contributed by atoms with Crippen LogP contribution in [0.2, 0.25) is 0 Å². The summed E-state index contributed by atoms with van der Waals surface area (Å²) in [7, 11) is 1.61. The van der Waals surface area contributed by atoms with E-state index in [1.54, 1.807) is 13.2 Å². The van der Waals surface area contributed by atoms with Crippen molar-refractivity contribution in [3.63, 3.8) is 0 Å². The zero-order valence-electron chi connectivity index (χ0n) is 16.4. The van der Waals surface area contributed by atoms with Gasteiger partial charge in [-0.15, -0.1) is 0 Å². The number of aryl methyl sites for hydroxylation is 1. The fraction of sp³-hybridized carbons (Fsp3) is 0.348. The Kier molecular flexibility index (Phi) is 7.09.